The van der Waals surface area contributed by atoms with Crippen LogP contribution < -0.4 is 0 Å². The fraction of sp³-hybridized carbons (Fsp3) is 1.00. The highest BCUT2D eigenvalue weighted by Crippen LogP contribution is 2.43. The lowest BCUT2D eigenvalue weighted by molar-refractivity contribution is -0.0509. The predicted molar refractivity (Wildman–Crippen MR) is 61.3 cm³/mol. The first-order valence-electron chi connectivity index (χ1n) is 6.35. The largest absolute Gasteiger partial charge is 0.300 e. The van der Waals surface area contributed by atoms with Gasteiger partial charge in [0.05, 0.1) is 0 Å². The molecule has 0 aromatic rings. The summed E-state index contributed by atoms with van der Waals surface area (Å²) in [5.41, 5.74) is 0. The zero-order valence-corrected chi connectivity index (χ0v) is 10.2. The number of fused-ring (bicyclic) bond motifs is 3. The van der Waals surface area contributed by atoms with Gasteiger partial charge in [-0.25, -0.2) is 0 Å². The van der Waals surface area contributed by atoms with Crippen molar-refractivity contribution in [1.29, 1.82) is 0 Å². The highest BCUT2D eigenvalue weighted by atomic mass is 15.2. The van der Waals surface area contributed by atoms with E-state index in [1.165, 1.54) is 25.9 Å². The molecule has 0 N–H and O–H groups in total. The standard InChI is InChI=1S/C13H25N/c1-9(2)12-11-5-7-14(8-6-11)13(12)10(3)4/h9-13H,5-8H2,1-4H3/t12-,13-/m0/s1. The molecule has 3 heterocycles. The van der Waals surface area contributed by atoms with Crippen LogP contribution in [0.3, 0.4) is 0 Å². The maximum absolute atomic E-state index is 2.76. The summed E-state index contributed by atoms with van der Waals surface area (Å²) < 4.78 is 0. The SMILES string of the molecule is CC(C)[C@H]1C2CCN(CC2)[C@H]1C(C)C. The molecule has 0 amide bonds. The lowest BCUT2D eigenvalue weighted by Gasteiger charge is -2.54. The van der Waals surface area contributed by atoms with Crippen LogP contribution in [0.25, 0.3) is 0 Å². The van der Waals surface area contributed by atoms with E-state index in [9.17, 15) is 0 Å². The lowest BCUT2D eigenvalue weighted by Crippen LogP contribution is -2.58. The molecule has 3 fully saturated rings. The topological polar surface area (TPSA) is 3.24 Å². The fourth-order valence-electron chi connectivity index (χ4n) is 3.93. The van der Waals surface area contributed by atoms with Crippen LogP contribution in [0.2, 0.25) is 0 Å². The third kappa shape index (κ3) is 1.60. The summed E-state index contributed by atoms with van der Waals surface area (Å²) in [7, 11) is 0. The van der Waals surface area contributed by atoms with Gasteiger partial charge in [0.15, 0.2) is 0 Å². The molecular weight excluding hydrogens is 170 g/mol. The van der Waals surface area contributed by atoms with Gasteiger partial charge in [-0.15, -0.1) is 0 Å². The van der Waals surface area contributed by atoms with Gasteiger partial charge in [-0.2, -0.15) is 0 Å². The normalized spacial score (nSPS) is 42.4. The van der Waals surface area contributed by atoms with Crippen molar-refractivity contribution in [2.24, 2.45) is 23.7 Å². The van der Waals surface area contributed by atoms with Crippen molar-refractivity contribution in [3.8, 4) is 0 Å². The Morgan fingerprint density at radius 3 is 1.86 bits per heavy atom. The second-order valence-corrected chi connectivity index (χ2v) is 5.93. The van der Waals surface area contributed by atoms with E-state index < -0.39 is 0 Å². The lowest BCUT2D eigenvalue weighted by atomic mass is 9.66. The zero-order chi connectivity index (χ0) is 10.3. The Morgan fingerprint density at radius 2 is 1.50 bits per heavy atom. The number of nitrogens with zero attached hydrogens (tertiary/aromatic N) is 1. The van der Waals surface area contributed by atoms with Gasteiger partial charge < -0.3 is 0 Å². The maximum Gasteiger partial charge on any atom is 0.0152 e. The number of hydrogen-bond acceptors (Lipinski definition) is 1. The van der Waals surface area contributed by atoms with Gasteiger partial charge in [-0.3, -0.25) is 4.90 Å². The van der Waals surface area contributed by atoms with Crippen LogP contribution in [0.1, 0.15) is 40.5 Å². The predicted octanol–water partition coefficient (Wildman–Crippen LogP) is 3.01. The molecule has 0 aliphatic carbocycles. The minimum absolute atomic E-state index is 0.838. The number of hydrogen-bond donors (Lipinski definition) is 0. The van der Waals surface area contributed by atoms with Crippen molar-refractivity contribution in [1.82, 2.24) is 4.90 Å². The molecule has 0 saturated carbocycles. The van der Waals surface area contributed by atoms with Gasteiger partial charge in [-0.05, 0) is 49.6 Å². The van der Waals surface area contributed by atoms with Crippen molar-refractivity contribution < 1.29 is 0 Å². The van der Waals surface area contributed by atoms with Crippen LogP contribution in [0.5, 0.6) is 0 Å². The molecule has 2 atom stereocenters. The first kappa shape index (κ1) is 10.5. The van der Waals surface area contributed by atoms with Gasteiger partial charge >= 0.3 is 0 Å². The number of piperidine rings is 3. The van der Waals surface area contributed by atoms with Crippen molar-refractivity contribution in [2.45, 2.75) is 46.6 Å². The summed E-state index contributed by atoms with van der Waals surface area (Å²) in [5.74, 6) is 3.71. The first-order valence-corrected chi connectivity index (χ1v) is 6.35. The molecular formula is C13H25N. The monoisotopic (exact) mass is 195 g/mol. The van der Waals surface area contributed by atoms with E-state index in [1.54, 1.807) is 0 Å². The Kier molecular flexibility index (Phi) is 2.88. The van der Waals surface area contributed by atoms with Crippen molar-refractivity contribution in [3.05, 3.63) is 0 Å². The molecule has 14 heavy (non-hydrogen) atoms. The van der Waals surface area contributed by atoms with Crippen LogP contribution in [-0.2, 0) is 0 Å². The molecule has 1 heteroatoms. The molecule has 3 aliphatic rings. The molecule has 3 aliphatic heterocycles. The molecule has 0 aromatic heterocycles. The first-order chi connectivity index (χ1) is 6.61. The van der Waals surface area contributed by atoms with Crippen LogP contribution >= 0.6 is 0 Å². The highest BCUT2D eigenvalue weighted by Gasteiger charge is 2.44. The molecule has 2 bridgehead atoms. The van der Waals surface area contributed by atoms with Crippen molar-refractivity contribution in [3.63, 3.8) is 0 Å². The molecule has 3 rings (SSSR count). The minimum Gasteiger partial charge on any atom is -0.300 e. The van der Waals surface area contributed by atoms with E-state index in [0.29, 0.717) is 0 Å². The Balaban J connectivity index is 2.18. The summed E-state index contributed by atoms with van der Waals surface area (Å²) in [4.78, 5) is 2.76. The third-order valence-corrected chi connectivity index (χ3v) is 4.39. The van der Waals surface area contributed by atoms with E-state index in [4.69, 9.17) is 0 Å². The molecule has 0 unspecified atom stereocenters. The zero-order valence-electron chi connectivity index (χ0n) is 10.2. The fourth-order valence-corrected chi connectivity index (χ4v) is 3.93. The second-order valence-electron chi connectivity index (χ2n) is 5.93. The van der Waals surface area contributed by atoms with E-state index in [1.807, 2.05) is 0 Å². The van der Waals surface area contributed by atoms with Crippen LogP contribution in [0.4, 0.5) is 0 Å². The summed E-state index contributed by atoms with van der Waals surface area (Å²) in [6.45, 7) is 12.4. The average molecular weight is 195 g/mol. The Bertz CT molecular complexity index is 167. The Hall–Kier alpha value is -0.0400. The Morgan fingerprint density at radius 1 is 0.929 bits per heavy atom. The average Bonchev–Trinajstić information content (AvgIpc) is 2.17. The van der Waals surface area contributed by atoms with Crippen molar-refractivity contribution >= 4 is 0 Å². The Labute approximate surface area is 88.9 Å². The van der Waals surface area contributed by atoms with E-state index in [0.717, 1.165) is 29.7 Å². The van der Waals surface area contributed by atoms with Gasteiger partial charge in [0.1, 0.15) is 0 Å². The van der Waals surface area contributed by atoms with Gasteiger partial charge in [0.25, 0.3) is 0 Å². The molecule has 1 nitrogen and oxygen atoms in total. The summed E-state index contributed by atoms with van der Waals surface area (Å²) in [6.07, 6.45) is 2.93. The third-order valence-electron chi connectivity index (χ3n) is 4.39. The van der Waals surface area contributed by atoms with Gasteiger partial charge in [0.2, 0.25) is 0 Å². The molecule has 0 aromatic carbocycles. The van der Waals surface area contributed by atoms with Gasteiger partial charge in [-0.1, -0.05) is 27.7 Å². The van der Waals surface area contributed by atoms with Crippen LogP contribution in [0.15, 0.2) is 0 Å². The van der Waals surface area contributed by atoms with Gasteiger partial charge in [0, 0.05) is 6.04 Å². The smallest absolute Gasteiger partial charge is 0.0152 e. The summed E-state index contributed by atoms with van der Waals surface area (Å²) >= 11 is 0. The molecule has 82 valence electrons. The molecule has 0 radical (unpaired) electrons. The maximum atomic E-state index is 2.76. The highest BCUT2D eigenvalue weighted by molar-refractivity contribution is 4.96. The van der Waals surface area contributed by atoms with Crippen molar-refractivity contribution in [2.75, 3.05) is 13.1 Å². The minimum atomic E-state index is 0.838. The van der Waals surface area contributed by atoms with E-state index in [2.05, 4.69) is 32.6 Å². The summed E-state index contributed by atoms with van der Waals surface area (Å²) in [6, 6.07) is 0.877. The molecule has 0 spiro atoms. The summed E-state index contributed by atoms with van der Waals surface area (Å²) in [5, 5.41) is 0. The quantitative estimate of drug-likeness (QED) is 0.654. The second kappa shape index (κ2) is 3.84. The molecule has 3 saturated heterocycles. The van der Waals surface area contributed by atoms with Crippen LogP contribution in [-0.4, -0.2) is 24.0 Å². The number of rotatable bonds is 2. The van der Waals surface area contributed by atoms with E-state index in [-0.39, 0.29) is 0 Å². The van der Waals surface area contributed by atoms with Crippen LogP contribution in [0, 0.1) is 23.7 Å². The van der Waals surface area contributed by atoms with E-state index >= 15 is 0 Å².